The van der Waals surface area contributed by atoms with Crippen LogP contribution in [0.1, 0.15) is 12.5 Å². The molecule has 0 heterocycles. The molecular weight excluding hydrogens is 307 g/mol. The highest BCUT2D eigenvalue weighted by Crippen LogP contribution is 2.22. The molecule has 0 saturated heterocycles. The van der Waals surface area contributed by atoms with Crippen molar-refractivity contribution < 1.29 is 4.79 Å². The number of nitrogens with one attached hydrogen (secondary N) is 2. The smallest absolute Gasteiger partial charge is 0.243 e. The number of anilines is 2. The Morgan fingerprint density at radius 3 is 2.19 bits per heavy atom. The predicted molar refractivity (Wildman–Crippen MR) is 89.4 cm³/mol. The molecule has 0 bridgehead atoms. The molecule has 2 N–H and O–H groups in total. The van der Waals surface area contributed by atoms with Crippen molar-refractivity contribution in [2.75, 3.05) is 17.2 Å². The van der Waals surface area contributed by atoms with Gasteiger partial charge in [-0.15, -0.1) is 0 Å². The second-order valence-electron chi connectivity index (χ2n) is 4.61. The maximum Gasteiger partial charge on any atom is 0.243 e. The first-order valence-corrected chi connectivity index (χ1v) is 7.41. The fraction of sp³-hybridized carbons (Fsp3) is 0.188. The summed E-state index contributed by atoms with van der Waals surface area (Å²) < 4.78 is 0. The standard InChI is InChI=1S/C16H16Cl2N2O/c1-2-11-3-5-14(6-4-11)19-10-16(21)20-15-8-12(17)7-13(18)9-15/h3-9,19H,2,10H2,1H3,(H,20,21). The molecule has 1 amide bonds. The zero-order valence-electron chi connectivity index (χ0n) is 11.6. The molecule has 0 aliphatic rings. The number of benzene rings is 2. The average Bonchev–Trinajstić information content (AvgIpc) is 2.44. The molecule has 2 aromatic carbocycles. The quantitative estimate of drug-likeness (QED) is 0.844. The lowest BCUT2D eigenvalue weighted by Crippen LogP contribution is -2.21. The number of halogens is 2. The molecule has 0 fully saturated rings. The van der Waals surface area contributed by atoms with Crippen molar-refractivity contribution >= 4 is 40.5 Å². The minimum atomic E-state index is -0.159. The number of aryl methyl sites for hydroxylation is 1. The molecule has 0 spiro atoms. The Balaban J connectivity index is 1.89. The third-order valence-corrected chi connectivity index (χ3v) is 3.40. The maximum atomic E-state index is 11.9. The van der Waals surface area contributed by atoms with Crippen LogP contribution in [0.15, 0.2) is 42.5 Å². The minimum Gasteiger partial charge on any atom is -0.376 e. The molecule has 0 aliphatic carbocycles. The summed E-state index contributed by atoms with van der Waals surface area (Å²) in [5.41, 5.74) is 2.76. The molecule has 0 aromatic heterocycles. The first-order chi connectivity index (χ1) is 10.1. The Morgan fingerprint density at radius 1 is 1.00 bits per heavy atom. The molecule has 2 aromatic rings. The van der Waals surface area contributed by atoms with Crippen molar-refractivity contribution in [3.05, 3.63) is 58.1 Å². The predicted octanol–water partition coefficient (Wildman–Crippen LogP) is 4.61. The molecule has 21 heavy (non-hydrogen) atoms. The van der Waals surface area contributed by atoms with Crippen molar-refractivity contribution in [2.24, 2.45) is 0 Å². The van der Waals surface area contributed by atoms with E-state index in [2.05, 4.69) is 17.6 Å². The molecule has 110 valence electrons. The molecule has 0 radical (unpaired) electrons. The Morgan fingerprint density at radius 2 is 1.62 bits per heavy atom. The molecule has 0 aliphatic heterocycles. The number of carbonyl (C=O) groups excluding carboxylic acids is 1. The van der Waals surface area contributed by atoms with Crippen LogP contribution < -0.4 is 10.6 Å². The fourth-order valence-corrected chi connectivity index (χ4v) is 2.40. The van der Waals surface area contributed by atoms with Crippen molar-refractivity contribution in [2.45, 2.75) is 13.3 Å². The molecule has 2 rings (SSSR count). The van der Waals surface area contributed by atoms with Gasteiger partial charge in [-0.3, -0.25) is 4.79 Å². The third-order valence-electron chi connectivity index (χ3n) is 2.96. The van der Waals surface area contributed by atoms with Gasteiger partial charge in [0.05, 0.1) is 6.54 Å². The summed E-state index contributed by atoms with van der Waals surface area (Å²) in [6, 6.07) is 12.9. The lowest BCUT2D eigenvalue weighted by Gasteiger charge is -2.09. The van der Waals surface area contributed by atoms with Crippen LogP contribution in [0.5, 0.6) is 0 Å². The number of carbonyl (C=O) groups is 1. The van der Waals surface area contributed by atoms with E-state index in [9.17, 15) is 4.79 Å². The second kappa shape index (κ2) is 7.34. The zero-order valence-corrected chi connectivity index (χ0v) is 13.1. The van der Waals surface area contributed by atoms with Gasteiger partial charge in [0.15, 0.2) is 0 Å². The monoisotopic (exact) mass is 322 g/mol. The van der Waals surface area contributed by atoms with Gasteiger partial charge in [-0.05, 0) is 42.3 Å². The van der Waals surface area contributed by atoms with E-state index in [0.29, 0.717) is 15.7 Å². The lowest BCUT2D eigenvalue weighted by atomic mass is 10.1. The number of hydrogen-bond donors (Lipinski definition) is 2. The van der Waals surface area contributed by atoms with Crippen molar-refractivity contribution in [1.82, 2.24) is 0 Å². The highest BCUT2D eigenvalue weighted by molar-refractivity contribution is 6.35. The van der Waals surface area contributed by atoms with Crippen molar-refractivity contribution in [3.63, 3.8) is 0 Å². The van der Waals surface area contributed by atoms with Crippen molar-refractivity contribution in [1.29, 1.82) is 0 Å². The maximum absolute atomic E-state index is 11.9. The molecule has 0 unspecified atom stereocenters. The van der Waals surface area contributed by atoms with Crippen LogP contribution in [-0.4, -0.2) is 12.5 Å². The van der Waals surface area contributed by atoms with E-state index in [1.54, 1.807) is 18.2 Å². The minimum absolute atomic E-state index is 0.159. The van der Waals surface area contributed by atoms with Gasteiger partial charge < -0.3 is 10.6 Å². The van der Waals surface area contributed by atoms with Gasteiger partial charge in [-0.2, -0.15) is 0 Å². The molecule has 0 atom stereocenters. The van der Waals surface area contributed by atoms with E-state index in [1.807, 2.05) is 24.3 Å². The van der Waals surface area contributed by atoms with E-state index < -0.39 is 0 Å². The summed E-state index contributed by atoms with van der Waals surface area (Å²) in [5, 5.41) is 6.79. The highest BCUT2D eigenvalue weighted by atomic mass is 35.5. The first kappa shape index (κ1) is 15.7. The Hall–Kier alpha value is -1.71. The summed E-state index contributed by atoms with van der Waals surface area (Å²) in [6.07, 6.45) is 0.996. The highest BCUT2D eigenvalue weighted by Gasteiger charge is 2.04. The van der Waals surface area contributed by atoms with E-state index in [0.717, 1.165) is 12.1 Å². The summed E-state index contributed by atoms with van der Waals surface area (Å²) >= 11 is 11.8. The van der Waals surface area contributed by atoms with Crippen LogP contribution in [0.2, 0.25) is 10.0 Å². The van der Waals surface area contributed by atoms with Gasteiger partial charge >= 0.3 is 0 Å². The van der Waals surface area contributed by atoms with Crippen LogP contribution >= 0.6 is 23.2 Å². The van der Waals surface area contributed by atoms with Gasteiger partial charge in [0, 0.05) is 21.4 Å². The molecular formula is C16H16Cl2N2O. The average molecular weight is 323 g/mol. The lowest BCUT2D eigenvalue weighted by molar-refractivity contribution is -0.114. The van der Waals surface area contributed by atoms with Crippen LogP contribution in [0, 0.1) is 0 Å². The zero-order chi connectivity index (χ0) is 15.2. The van der Waals surface area contributed by atoms with E-state index in [1.165, 1.54) is 5.56 Å². The van der Waals surface area contributed by atoms with Crippen molar-refractivity contribution in [3.8, 4) is 0 Å². The van der Waals surface area contributed by atoms with Gasteiger partial charge in [0.25, 0.3) is 0 Å². The third kappa shape index (κ3) is 4.96. The number of rotatable bonds is 5. The largest absolute Gasteiger partial charge is 0.376 e. The Kier molecular flexibility index (Phi) is 5.48. The molecule has 5 heteroatoms. The molecule has 0 saturated carbocycles. The van der Waals surface area contributed by atoms with Gasteiger partial charge in [-0.1, -0.05) is 42.3 Å². The summed E-state index contributed by atoms with van der Waals surface area (Å²) in [4.78, 5) is 11.9. The van der Waals surface area contributed by atoms with Crippen LogP contribution in [0.3, 0.4) is 0 Å². The fourth-order valence-electron chi connectivity index (χ4n) is 1.87. The second-order valence-corrected chi connectivity index (χ2v) is 5.48. The topological polar surface area (TPSA) is 41.1 Å². The Labute approximate surface area is 134 Å². The van der Waals surface area contributed by atoms with Crippen LogP contribution in [0.25, 0.3) is 0 Å². The van der Waals surface area contributed by atoms with E-state index in [4.69, 9.17) is 23.2 Å². The van der Waals surface area contributed by atoms with E-state index in [-0.39, 0.29) is 12.5 Å². The number of hydrogen-bond acceptors (Lipinski definition) is 2. The first-order valence-electron chi connectivity index (χ1n) is 6.65. The summed E-state index contributed by atoms with van der Waals surface area (Å²) in [7, 11) is 0. The van der Waals surface area contributed by atoms with Gasteiger partial charge in [0.2, 0.25) is 5.91 Å². The SMILES string of the molecule is CCc1ccc(NCC(=O)Nc2cc(Cl)cc(Cl)c2)cc1. The van der Waals surface area contributed by atoms with E-state index >= 15 is 0 Å². The number of amides is 1. The summed E-state index contributed by atoms with van der Waals surface area (Å²) in [5.74, 6) is -0.159. The molecule has 3 nitrogen and oxygen atoms in total. The summed E-state index contributed by atoms with van der Waals surface area (Å²) in [6.45, 7) is 2.28. The van der Waals surface area contributed by atoms with Gasteiger partial charge in [0.1, 0.15) is 0 Å². The van der Waals surface area contributed by atoms with Gasteiger partial charge in [-0.25, -0.2) is 0 Å². The Bertz CT molecular complexity index is 606. The van der Waals surface area contributed by atoms with Crippen LogP contribution in [-0.2, 0) is 11.2 Å². The van der Waals surface area contributed by atoms with Crippen LogP contribution in [0.4, 0.5) is 11.4 Å². The normalized spacial score (nSPS) is 10.2.